The molecule has 0 atom stereocenters. The lowest BCUT2D eigenvalue weighted by Crippen LogP contribution is -2.14. The minimum atomic E-state index is -3.87. The van der Waals surface area contributed by atoms with Crippen LogP contribution in [0.1, 0.15) is 12.0 Å². The Morgan fingerprint density at radius 1 is 1.27 bits per heavy atom. The summed E-state index contributed by atoms with van der Waals surface area (Å²) in [4.78, 5) is 0.00948. The lowest BCUT2D eigenvalue weighted by molar-refractivity contribution is 0.297. The van der Waals surface area contributed by atoms with Gasteiger partial charge in [-0.1, -0.05) is 0 Å². The second-order valence-electron chi connectivity index (χ2n) is 4.53. The molecule has 22 heavy (non-hydrogen) atoms. The van der Waals surface area contributed by atoms with Crippen molar-refractivity contribution in [3.05, 3.63) is 30.0 Å². The average molecular weight is 320 g/mol. The number of hydrogen-bond acceptors (Lipinski definition) is 6. The van der Waals surface area contributed by atoms with E-state index in [2.05, 4.69) is 14.9 Å². The van der Waals surface area contributed by atoms with Crippen LogP contribution in [-0.2, 0) is 10.0 Å². The number of anilines is 1. The zero-order valence-electron chi connectivity index (χ0n) is 11.4. The minimum absolute atomic E-state index is 0.00948. The first-order valence-electron chi connectivity index (χ1n) is 6.46. The average Bonchev–Trinajstić information content (AvgIpc) is 2.80. The third-order valence-electron chi connectivity index (χ3n) is 3.03. The van der Waals surface area contributed by atoms with Gasteiger partial charge in [-0.05, 0) is 12.1 Å². The molecule has 2 aromatic rings. The van der Waals surface area contributed by atoms with Gasteiger partial charge in [-0.15, -0.1) is 0 Å². The van der Waals surface area contributed by atoms with Gasteiger partial charge in [0.15, 0.2) is 17.3 Å². The molecule has 1 aromatic carbocycles. The van der Waals surface area contributed by atoms with E-state index in [1.54, 1.807) is 6.07 Å². The summed E-state index contributed by atoms with van der Waals surface area (Å²) >= 11 is 0. The lowest BCUT2D eigenvalue weighted by Gasteiger charge is -2.10. The van der Waals surface area contributed by atoms with Crippen LogP contribution in [-0.4, -0.2) is 31.8 Å². The Labute approximate surface area is 126 Å². The summed E-state index contributed by atoms with van der Waals surface area (Å²) in [5.41, 5.74) is 0.109. The van der Waals surface area contributed by atoms with Crippen molar-refractivity contribution in [1.29, 1.82) is 5.26 Å². The molecule has 0 fully saturated rings. The van der Waals surface area contributed by atoms with Crippen LogP contribution in [0.25, 0.3) is 0 Å². The van der Waals surface area contributed by atoms with Crippen LogP contribution in [0.5, 0.6) is 11.5 Å². The second-order valence-corrected chi connectivity index (χ2v) is 6.22. The van der Waals surface area contributed by atoms with Crippen molar-refractivity contribution < 1.29 is 17.9 Å². The quantitative estimate of drug-likeness (QED) is 0.878. The summed E-state index contributed by atoms with van der Waals surface area (Å²) in [6.07, 6.45) is 1.97. The molecular weight excluding hydrogens is 308 g/mol. The van der Waals surface area contributed by atoms with E-state index < -0.39 is 10.0 Å². The van der Waals surface area contributed by atoms with Crippen LogP contribution < -0.4 is 14.2 Å². The summed E-state index contributed by atoms with van der Waals surface area (Å²) in [6, 6.07) is 6.20. The highest BCUT2D eigenvalue weighted by atomic mass is 32.2. The van der Waals surface area contributed by atoms with E-state index in [-0.39, 0.29) is 16.3 Å². The first-order chi connectivity index (χ1) is 10.6. The highest BCUT2D eigenvalue weighted by Crippen LogP contribution is 2.32. The number of hydrogen-bond donors (Lipinski definition) is 2. The van der Waals surface area contributed by atoms with Crippen molar-refractivity contribution >= 4 is 15.8 Å². The Balaban J connectivity index is 1.93. The number of ether oxygens (including phenoxy) is 2. The fourth-order valence-corrected chi connectivity index (χ4v) is 3.00. The van der Waals surface area contributed by atoms with E-state index in [9.17, 15) is 8.42 Å². The van der Waals surface area contributed by atoms with E-state index in [1.807, 2.05) is 6.07 Å². The van der Waals surface area contributed by atoms with E-state index in [0.717, 1.165) is 6.42 Å². The van der Waals surface area contributed by atoms with Crippen molar-refractivity contribution in [3.8, 4) is 17.6 Å². The van der Waals surface area contributed by atoms with Crippen molar-refractivity contribution in [3.63, 3.8) is 0 Å². The molecule has 2 heterocycles. The number of benzene rings is 1. The SMILES string of the molecule is N#Cc1cn[nH]c1NS(=O)(=O)c1ccc2c(c1)OCCCO2. The number of nitrogens with zero attached hydrogens (tertiary/aromatic N) is 2. The van der Waals surface area contributed by atoms with E-state index in [4.69, 9.17) is 14.7 Å². The number of sulfonamides is 1. The Morgan fingerprint density at radius 3 is 2.82 bits per heavy atom. The predicted octanol–water partition coefficient (Wildman–Crippen LogP) is 1.24. The summed E-state index contributed by atoms with van der Waals surface area (Å²) in [5, 5.41) is 15.0. The number of fused-ring (bicyclic) bond motifs is 1. The largest absolute Gasteiger partial charge is 0.490 e. The summed E-state index contributed by atoms with van der Waals surface area (Å²) in [7, 11) is -3.87. The summed E-state index contributed by atoms with van der Waals surface area (Å²) < 4.78 is 38.0. The highest BCUT2D eigenvalue weighted by Gasteiger charge is 2.20. The van der Waals surface area contributed by atoms with Crippen LogP contribution in [0.4, 0.5) is 5.82 Å². The molecule has 0 saturated carbocycles. The third kappa shape index (κ3) is 2.68. The molecule has 0 aliphatic carbocycles. The van der Waals surface area contributed by atoms with Gasteiger partial charge in [-0.3, -0.25) is 9.82 Å². The van der Waals surface area contributed by atoms with Crippen LogP contribution in [0, 0.1) is 11.3 Å². The number of nitriles is 1. The summed E-state index contributed by atoms with van der Waals surface area (Å²) in [6.45, 7) is 0.986. The van der Waals surface area contributed by atoms with E-state index in [0.29, 0.717) is 24.7 Å². The van der Waals surface area contributed by atoms with Gasteiger partial charge in [-0.25, -0.2) is 8.42 Å². The molecule has 0 unspecified atom stereocenters. The fourth-order valence-electron chi connectivity index (χ4n) is 1.95. The maximum atomic E-state index is 12.4. The first-order valence-corrected chi connectivity index (χ1v) is 7.94. The molecule has 1 aliphatic heterocycles. The molecule has 0 amide bonds. The number of aromatic amines is 1. The van der Waals surface area contributed by atoms with Crippen molar-refractivity contribution in [2.75, 3.05) is 17.9 Å². The van der Waals surface area contributed by atoms with E-state index in [1.165, 1.54) is 18.3 Å². The van der Waals surface area contributed by atoms with Crippen LogP contribution in [0.15, 0.2) is 29.3 Å². The number of nitrogens with one attached hydrogen (secondary N) is 2. The predicted molar refractivity (Wildman–Crippen MR) is 76.2 cm³/mol. The topological polar surface area (TPSA) is 117 Å². The molecule has 1 aliphatic rings. The van der Waals surface area contributed by atoms with Crippen LogP contribution >= 0.6 is 0 Å². The molecule has 3 rings (SSSR count). The molecule has 2 N–H and O–H groups in total. The zero-order chi connectivity index (χ0) is 15.6. The smallest absolute Gasteiger partial charge is 0.263 e. The van der Waals surface area contributed by atoms with Crippen molar-refractivity contribution in [2.45, 2.75) is 11.3 Å². The minimum Gasteiger partial charge on any atom is -0.490 e. The molecule has 0 spiro atoms. The second kappa shape index (κ2) is 5.57. The Hall–Kier alpha value is -2.73. The van der Waals surface area contributed by atoms with Gasteiger partial charge < -0.3 is 9.47 Å². The first kappa shape index (κ1) is 14.2. The maximum absolute atomic E-state index is 12.4. The van der Waals surface area contributed by atoms with Gasteiger partial charge in [0.1, 0.15) is 11.6 Å². The van der Waals surface area contributed by atoms with Gasteiger partial charge >= 0.3 is 0 Å². The standard InChI is InChI=1S/C13H12N4O4S/c14-7-9-8-15-16-13(9)17-22(18,19)10-2-3-11-12(6-10)21-5-1-4-20-11/h2-3,6,8H,1,4-5H2,(H2,15,16,17). The van der Waals surface area contributed by atoms with Gasteiger partial charge in [0.25, 0.3) is 10.0 Å². The van der Waals surface area contributed by atoms with Gasteiger partial charge in [-0.2, -0.15) is 10.4 Å². The lowest BCUT2D eigenvalue weighted by atomic mass is 10.3. The fraction of sp³-hybridized carbons (Fsp3) is 0.231. The third-order valence-corrected chi connectivity index (χ3v) is 4.37. The number of H-pyrrole nitrogens is 1. The molecule has 0 radical (unpaired) electrons. The molecular formula is C13H12N4O4S. The molecule has 0 bridgehead atoms. The Morgan fingerprint density at radius 2 is 2.05 bits per heavy atom. The monoisotopic (exact) mass is 320 g/mol. The molecule has 1 aromatic heterocycles. The van der Waals surface area contributed by atoms with Crippen molar-refractivity contribution in [2.24, 2.45) is 0 Å². The van der Waals surface area contributed by atoms with Crippen LogP contribution in [0.3, 0.4) is 0 Å². The normalized spacial score (nSPS) is 14.0. The molecule has 0 saturated heterocycles. The Kier molecular flexibility index (Phi) is 3.60. The van der Waals surface area contributed by atoms with E-state index >= 15 is 0 Å². The van der Waals surface area contributed by atoms with Gasteiger partial charge in [0, 0.05) is 12.5 Å². The van der Waals surface area contributed by atoms with Gasteiger partial charge in [0.05, 0.1) is 24.3 Å². The van der Waals surface area contributed by atoms with Gasteiger partial charge in [0.2, 0.25) is 0 Å². The maximum Gasteiger partial charge on any atom is 0.263 e. The highest BCUT2D eigenvalue weighted by molar-refractivity contribution is 7.92. The van der Waals surface area contributed by atoms with Crippen molar-refractivity contribution in [1.82, 2.24) is 10.2 Å². The van der Waals surface area contributed by atoms with Crippen LogP contribution in [0.2, 0.25) is 0 Å². The zero-order valence-corrected chi connectivity index (χ0v) is 12.2. The molecule has 8 nitrogen and oxygen atoms in total. The number of aromatic nitrogens is 2. The molecule has 114 valence electrons. The summed E-state index contributed by atoms with van der Waals surface area (Å²) in [5.74, 6) is 0.913. The number of rotatable bonds is 3. The Bertz CT molecular complexity index is 838. The molecule has 9 heteroatoms.